The molecule has 2 aliphatic rings. The van der Waals surface area contributed by atoms with Gasteiger partial charge in [0.2, 0.25) is 11.8 Å². The molecule has 1 fully saturated rings. The van der Waals surface area contributed by atoms with E-state index in [4.69, 9.17) is 9.47 Å². The Labute approximate surface area is 335 Å². The standard InChI is InChI=1S/C44H44N8O6/c1-27(49-42(54)39(51-44(56)58-3)30-13-8-5-9-14-30)35-21-32(23-45-35)28-16-18-31(19-17-28)40-46-24-33(25-47-40)36-26-48-41(50-36)37-15-10-20-52(37)43(55)34(22-38(53)57-2)29-11-6-4-7-12-29/h4-9,11-14,16-19,23-27,34,37,39H,10,15,20-22H2,1-3H3,(H,48,50)(H,49,54)(H,51,56)/t27-,34+,37-,39+/m0/s1. The quantitative estimate of drug-likeness (QED) is 0.115. The highest BCUT2D eigenvalue weighted by Crippen LogP contribution is 2.36. The molecule has 14 heteroatoms. The van der Waals surface area contributed by atoms with E-state index < -0.39 is 24.0 Å². The van der Waals surface area contributed by atoms with Crippen molar-refractivity contribution >= 4 is 35.2 Å². The van der Waals surface area contributed by atoms with Crippen LogP contribution < -0.4 is 10.6 Å². The van der Waals surface area contributed by atoms with E-state index in [1.54, 1.807) is 42.9 Å². The number of likely N-dealkylation sites (tertiary alicyclic amines) is 1. The summed E-state index contributed by atoms with van der Waals surface area (Å²) in [5, 5.41) is 5.59. The highest BCUT2D eigenvalue weighted by atomic mass is 16.5. The van der Waals surface area contributed by atoms with Crippen LogP contribution in [0.5, 0.6) is 0 Å². The highest BCUT2D eigenvalue weighted by molar-refractivity contribution is 6.03. The number of methoxy groups -OCH3 is 2. The van der Waals surface area contributed by atoms with Crippen LogP contribution in [-0.2, 0) is 23.9 Å². The predicted molar refractivity (Wildman–Crippen MR) is 217 cm³/mol. The predicted octanol–water partition coefficient (Wildman–Crippen LogP) is 6.33. The van der Waals surface area contributed by atoms with Crippen molar-refractivity contribution in [1.29, 1.82) is 0 Å². The smallest absolute Gasteiger partial charge is 0.407 e. The zero-order valence-corrected chi connectivity index (χ0v) is 32.4. The molecule has 0 aliphatic carbocycles. The molecule has 3 amide bonds. The van der Waals surface area contributed by atoms with Gasteiger partial charge in [0, 0.05) is 48.4 Å². The normalized spacial score (nSPS) is 16.4. The zero-order chi connectivity index (χ0) is 40.6. The first kappa shape index (κ1) is 39.3. The second kappa shape index (κ2) is 17.9. The van der Waals surface area contributed by atoms with Crippen LogP contribution in [0.15, 0.2) is 115 Å². The van der Waals surface area contributed by atoms with Crippen LogP contribution >= 0.6 is 0 Å². The van der Waals surface area contributed by atoms with Gasteiger partial charge in [0.15, 0.2) is 5.82 Å². The van der Waals surface area contributed by atoms with Gasteiger partial charge in [-0.15, -0.1) is 0 Å². The van der Waals surface area contributed by atoms with Crippen LogP contribution in [0.1, 0.15) is 73.1 Å². The maximum Gasteiger partial charge on any atom is 0.407 e. The van der Waals surface area contributed by atoms with Crippen molar-refractivity contribution in [1.82, 2.24) is 35.5 Å². The van der Waals surface area contributed by atoms with Gasteiger partial charge in [-0.05, 0) is 42.0 Å². The Bertz CT molecular complexity index is 2310. The molecule has 0 radical (unpaired) electrons. The lowest BCUT2D eigenvalue weighted by molar-refractivity contribution is -0.145. The number of alkyl carbamates (subject to hydrolysis) is 1. The molecule has 4 atom stereocenters. The number of imidazole rings is 1. The molecule has 58 heavy (non-hydrogen) atoms. The summed E-state index contributed by atoms with van der Waals surface area (Å²) in [4.78, 5) is 75.2. The Balaban J connectivity index is 0.962. The number of nitrogens with zero attached hydrogens (tertiary/aromatic N) is 5. The molecule has 296 valence electrons. The van der Waals surface area contributed by atoms with Crippen molar-refractivity contribution in [2.45, 2.75) is 56.7 Å². The van der Waals surface area contributed by atoms with E-state index in [0.29, 0.717) is 30.2 Å². The molecule has 3 N–H and O–H groups in total. The number of hydrogen-bond acceptors (Lipinski definition) is 10. The molecule has 1 saturated heterocycles. The summed E-state index contributed by atoms with van der Waals surface area (Å²) in [6.45, 7) is 2.43. The topological polar surface area (TPSA) is 181 Å². The van der Waals surface area contributed by atoms with Gasteiger partial charge < -0.3 is 30.0 Å². The number of carbonyl (C=O) groups excluding carboxylic acids is 4. The molecular formula is C44H44N8O6. The fourth-order valence-corrected chi connectivity index (χ4v) is 7.29. The fraction of sp³-hybridized carbons (Fsp3) is 0.273. The molecule has 0 saturated carbocycles. The first-order valence-corrected chi connectivity index (χ1v) is 19.1. The highest BCUT2D eigenvalue weighted by Gasteiger charge is 2.37. The third-order valence-electron chi connectivity index (χ3n) is 10.5. The summed E-state index contributed by atoms with van der Waals surface area (Å²) in [6.07, 6.45) is 8.39. The number of aliphatic imine (C=N–C) groups is 1. The van der Waals surface area contributed by atoms with Gasteiger partial charge in [0.25, 0.3) is 0 Å². The van der Waals surface area contributed by atoms with Crippen molar-refractivity contribution in [3.8, 4) is 22.6 Å². The molecule has 3 aromatic carbocycles. The summed E-state index contributed by atoms with van der Waals surface area (Å²) in [6, 6.07) is 24.6. The number of H-pyrrole nitrogens is 1. The number of carbonyl (C=O) groups is 4. The average molecular weight is 781 g/mol. The second-order valence-electron chi connectivity index (χ2n) is 14.1. The molecular weight excluding hydrogens is 737 g/mol. The van der Waals surface area contributed by atoms with Gasteiger partial charge in [0.05, 0.1) is 50.5 Å². The number of hydrogen-bond donors (Lipinski definition) is 3. The summed E-state index contributed by atoms with van der Waals surface area (Å²) < 4.78 is 9.66. The molecule has 2 aromatic heterocycles. The van der Waals surface area contributed by atoms with Crippen LogP contribution in [0.4, 0.5) is 4.79 Å². The molecule has 14 nitrogen and oxygen atoms in total. The van der Waals surface area contributed by atoms with Crippen molar-refractivity contribution in [3.63, 3.8) is 0 Å². The summed E-state index contributed by atoms with van der Waals surface area (Å²) in [5.74, 6) is -0.365. The Morgan fingerprint density at radius 2 is 1.48 bits per heavy atom. The summed E-state index contributed by atoms with van der Waals surface area (Å²) >= 11 is 0. The molecule has 5 aromatic rings. The minimum atomic E-state index is -0.925. The van der Waals surface area contributed by atoms with Crippen molar-refractivity contribution in [3.05, 3.63) is 132 Å². The van der Waals surface area contributed by atoms with Gasteiger partial charge in [-0.3, -0.25) is 19.4 Å². The van der Waals surface area contributed by atoms with E-state index in [1.165, 1.54) is 14.2 Å². The Morgan fingerprint density at radius 3 is 2.16 bits per heavy atom. The number of ether oxygens (including phenoxy) is 2. The minimum Gasteiger partial charge on any atom is -0.469 e. The number of nitrogens with one attached hydrogen (secondary N) is 3. The second-order valence-corrected chi connectivity index (χ2v) is 14.1. The van der Waals surface area contributed by atoms with Crippen LogP contribution in [0.25, 0.3) is 28.2 Å². The number of esters is 1. The molecule has 4 heterocycles. The third kappa shape index (κ3) is 8.86. The Kier molecular flexibility index (Phi) is 12.1. The van der Waals surface area contributed by atoms with Crippen molar-refractivity contribution in [2.24, 2.45) is 4.99 Å². The largest absolute Gasteiger partial charge is 0.469 e. The lowest BCUT2D eigenvalue weighted by Gasteiger charge is -2.28. The van der Waals surface area contributed by atoms with Crippen LogP contribution in [0.3, 0.4) is 0 Å². The first-order chi connectivity index (χ1) is 28.2. The lowest BCUT2D eigenvalue weighted by Crippen LogP contribution is -2.45. The maximum atomic E-state index is 13.9. The van der Waals surface area contributed by atoms with Crippen LogP contribution in [0.2, 0.25) is 0 Å². The van der Waals surface area contributed by atoms with Gasteiger partial charge in [0.1, 0.15) is 11.9 Å². The molecule has 0 unspecified atom stereocenters. The SMILES string of the molecule is COC(=O)C[C@@H](C(=O)N1CCC[C@H]1c1ncc(-c2cnc(-c3ccc(C4=CN=C([C@H](C)NC(=O)[C@H](NC(=O)OC)c5ccccc5)C4)cc3)nc2)[nH]1)c1ccccc1. The van der Waals surface area contributed by atoms with Gasteiger partial charge in [-0.25, -0.2) is 19.7 Å². The van der Waals surface area contributed by atoms with E-state index in [0.717, 1.165) is 52.1 Å². The van der Waals surface area contributed by atoms with Gasteiger partial charge in [-0.2, -0.15) is 0 Å². The minimum absolute atomic E-state index is 0.0396. The van der Waals surface area contributed by atoms with Gasteiger partial charge >= 0.3 is 12.1 Å². The zero-order valence-electron chi connectivity index (χ0n) is 32.4. The lowest BCUT2D eigenvalue weighted by atomic mass is 9.94. The summed E-state index contributed by atoms with van der Waals surface area (Å²) in [7, 11) is 2.58. The number of benzene rings is 3. The van der Waals surface area contributed by atoms with E-state index in [9.17, 15) is 19.2 Å². The number of rotatable bonds is 13. The van der Waals surface area contributed by atoms with Crippen molar-refractivity contribution < 1.29 is 28.7 Å². The fourth-order valence-electron chi connectivity index (χ4n) is 7.29. The number of aromatic amines is 1. The third-order valence-corrected chi connectivity index (χ3v) is 10.5. The van der Waals surface area contributed by atoms with E-state index >= 15 is 0 Å². The van der Waals surface area contributed by atoms with E-state index in [1.807, 2.05) is 78.7 Å². The van der Waals surface area contributed by atoms with E-state index in [2.05, 4.69) is 35.6 Å². The average Bonchev–Trinajstić information content (AvgIpc) is 4.07. The maximum absolute atomic E-state index is 13.9. The molecule has 0 bridgehead atoms. The Hall–Kier alpha value is -6.96. The number of allylic oxidation sites excluding steroid dienone is 1. The van der Waals surface area contributed by atoms with Crippen LogP contribution in [0, 0.1) is 0 Å². The summed E-state index contributed by atoms with van der Waals surface area (Å²) in [5.41, 5.74) is 6.50. The number of aromatic nitrogens is 4. The molecule has 7 rings (SSSR count). The van der Waals surface area contributed by atoms with Crippen LogP contribution in [-0.4, -0.2) is 81.2 Å². The molecule has 0 spiro atoms. The van der Waals surface area contributed by atoms with Crippen molar-refractivity contribution in [2.75, 3.05) is 20.8 Å². The monoisotopic (exact) mass is 780 g/mol. The Morgan fingerprint density at radius 1 is 0.810 bits per heavy atom. The number of amides is 3. The molecule has 2 aliphatic heterocycles. The first-order valence-electron chi connectivity index (χ1n) is 19.1. The van der Waals surface area contributed by atoms with E-state index in [-0.39, 0.29) is 30.3 Å². The van der Waals surface area contributed by atoms with Gasteiger partial charge in [-0.1, -0.05) is 84.9 Å².